The van der Waals surface area contributed by atoms with Crippen molar-refractivity contribution in [2.24, 2.45) is 0 Å². The molecule has 1 atom stereocenters. The standard InChI is InChI=1S/C17H31N3O/c1-14(2)20-9-5-8-16(17(20)21)19-12-10-18(11-13-19)15-6-3-4-7-15/h14-16H,3-13H2,1-2H3. The maximum absolute atomic E-state index is 12.7. The number of amides is 1. The molecule has 1 aliphatic carbocycles. The number of carbonyl (C=O) groups excluding carboxylic acids is 1. The zero-order valence-corrected chi connectivity index (χ0v) is 13.8. The smallest absolute Gasteiger partial charge is 0.240 e. The lowest BCUT2D eigenvalue weighted by Gasteiger charge is -2.44. The minimum absolute atomic E-state index is 0.159. The number of likely N-dealkylation sites (tertiary alicyclic amines) is 1. The Morgan fingerprint density at radius 1 is 0.857 bits per heavy atom. The Balaban J connectivity index is 1.54. The normalized spacial score (nSPS) is 30.5. The Labute approximate surface area is 129 Å². The molecule has 2 aliphatic heterocycles. The lowest BCUT2D eigenvalue weighted by Crippen LogP contribution is -2.59. The summed E-state index contributed by atoms with van der Waals surface area (Å²) in [6.07, 6.45) is 7.83. The van der Waals surface area contributed by atoms with E-state index in [1.54, 1.807) is 0 Å². The van der Waals surface area contributed by atoms with E-state index >= 15 is 0 Å². The molecule has 3 fully saturated rings. The summed E-state index contributed by atoms with van der Waals surface area (Å²) in [5, 5.41) is 0. The lowest BCUT2D eigenvalue weighted by atomic mass is 10.0. The fraction of sp³-hybridized carbons (Fsp3) is 0.941. The van der Waals surface area contributed by atoms with Crippen LogP contribution >= 0.6 is 0 Å². The number of piperazine rings is 1. The van der Waals surface area contributed by atoms with E-state index in [4.69, 9.17) is 0 Å². The summed E-state index contributed by atoms with van der Waals surface area (Å²) in [4.78, 5) is 19.9. The fourth-order valence-corrected chi connectivity index (χ4v) is 4.42. The van der Waals surface area contributed by atoms with E-state index in [0.29, 0.717) is 11.9 Å². The van der Waals surface area contributed by atoms with Gasteiger partial charge in [0.1, 0.15) is 0 Å². The third-order valence-corrected chi connectivity index (χ3v) is 5.70. The summed E-state index contributed by atoms with van der Waals surface area (Å²) in [6.45, 7) is 9.72. The molecule has 1 saturated carbocycles. The van der Waals surface area contributed by atoms with Gasteiger partial charge in [-0.05, 0) is 39.5 Å². The van der Waals surface area contributed by atoms with Crippen LogP contribution in [0, 0.1) is 0 Å². The van der Waals surface area contributed by atoms with E-state index in [-0.39, 0.29) is 6.04 Å². The van der Waals surface area contributed by atoms with Crippen molar-refractivity contribution in [1.82, 2.24) is 14.7 Å². The van der Waals surface area contributed by atoms with Crippen molar-refractivity contribution in [2.45, 2.75) is 70.5 Å². The van der Waals surface area contributed by atoms with E-state index in [2.05, 4.69) is 28.5 Å². The third-order valence-electron chi connectivity index (χ3n) is 5.70. The molecule has 0 aromatic carbocycles. The van der Waals surface area contributed by atoms with Crippen LogP contribution in [-0.4, -0.2) is 71.5 Å². The Morgan fingerprint density at radius 2 is 1.48 bits per heavy atom. The lowest BCUT2D eigenvalue weighted by molar-refractivity contribution is -0.143. The first-order valence-electron chi connectivity index (χ1n) is 8.95. The highest BCUT2D eigenvalue weighted by Crippen LogP contribution is 2.26. The summed E-state index contributed by atoms with van der Waals surface area (Å²) in [7, 11) is 0. The quantitative estimate of drug-likeness (QED) is 0.796. The second-order valence-corrected chi connectivity index (χ2v) is 7.29. The molecule has 1 unspecified atom stereocenters. The van der Waals surface area contributed by atoms with Crippen molar-refractivity contribution in [2.75, 3.05) is 32.7 Å². The van der Waals surface area contributed by atoms with Crippen LogP contribution in [0.15, 0.2) is 0 Å². The molecule has 3 aliphatic rings. The van der Waals surface area contributed by atoms with Gasteiger partial charge in [-0.3, -0.25) is 14.6 Å². The number of hydrogen-bond donors (Lipinski definition) is 0. The van der Waals surface area contributed by atoms with E-state index in [9.17, 15) is 4.79 Å². The van der Waals surface area contributed by atoms with Crippen LogP contribution in [0.3, 0.4) is 0 Å². The molecule has 0 spiro atoms. The van der Waals surface area contributed by atoms with Gasteiger partial charge in [-0.2, -0.15) is 0 Å². The number of piperidine rings is 1. The van der Waals surface area contributed by atoms with Crippen molar-refractivity contribution >= 4 is 5.91 Å². The molecule has 2 saturated heterocycles. The number of carbonyl (C=O) groups is 1. The third kappa shape index (κ3) is 3.26. The molecule has 0 radical (unpaired) electrons. The molecule has 4 nitrogen and oxygen atoms in total. The van der Waals surface area contributed by atoms with Crippen molar-refractivity contribution in [3.63, 3.8) is 0 Å². The van der Waals surface area contributed by atoms with Crippen LogP contribution < -0.4 is 0 Å². The Bertz CT molecular complexity index is 357. The first-order chi connectivity index (χ1) is 10.2. The average Bonchev–Trinajstić information content (AvgIpc) is 3.02. The predicted molar refractivity (Wildman–Crippen MR) is 85.3 cm³/mol. The topological polar surface area (TPSA) is 26.8 Å². The molecular formula is C17H31N3O. The summed E-state index contributed by atoms with van der Waals surface area (Å²) >= 11 is 0. The maximum Gasteiger partial charge on any atom is 0.240 e. The molecule has 4 heteroatoms. The molecule has 3 rings (SSSR count). The molecule has 0 N–H and O–H groups in total. The summed E-state index contributed by atoms with van der Waals surface area (Å²) < 4.78 is 0. The minimum atomic E-state index is 0.159. The summed E-state index contributed by atoms with van der Waals surface area (Å²) in [5.41, 5.74) is 0. The second kappa shape index (κ2) is 6.66. The van der Waals surface area contributed by atoms with Gasteiger partial charge in [0.15, 0.2) is 0 Å². The molecule has 0 aromatic heterocycles. The van der Waals surface area contributed by atoms with Gasteiger partial charge in [-0.25, -0.2) is 0 Å². The Morgan fingerprint density at radius 3 is 2.10 bits per heavy atom. The van der Waals surface area contributed by atoms with Gasteiger partial charge >= 0.3 is 0 Å². The first-order valence-corrected chi connectivity index (χ1v) is 8.95. The minimum Gasteiger partial charge on any atom is -0.339 e. The van der Waals surface area contributed by atoms with E-state index in [1.807, 2.05) is 0 Å². The van der Waals surface area contributed by atoms with Crippen molar-refractivity contribution in [3.8, 4) is 0 Å². The molecule has 0 aromatic rings. The zero-order chi connectivity index (χ0) is 14.8. The Hall–Kier alpha value is -0.610. The molecule has 21 heavy (non-hydrogen) atoms. The number of hydrogen-bond acceptors (Lipinski definition) is 3. The van der Waals surface area contributed by atoms with E-state index < -0.39 is 0 Å². The highest BCUT2D eigenvalue weighted by atomic mass is 16.2. The second-order valence-electron chi connectivity index (χ2n) is 7.29. The summed E-state index contributed by atoms with van der Waals surface area (Å²) in [5.74, 6) is 0.380. The van der Waals surface area contributed by atoms with Gasteiger partial charge < -0.3 is 4.90 Å². The number of rotatable bonds is 3. The fourth-order valence-electron chi connectivity index (χ4n) is 4.42. The van der Waals surface area contributed by atoms with Crippen molar-refractivity contribution in [3.05, 3.63) is 0 Å². The molecule has 1 amide bonds. The maximum atomic E-state index is 12.7. The van der Waals surface area contributed by atoms with Gasteiger partial charge in [0.2, 0.25) is 5.91 Å². The van der Waals surface area contributed by atoms with Gasteiger partial charge in [0.25, 0.3) is 0 Å². The van der Waals surface area contributed by atoms with Crippen LogP contribution in [0.2, 0.25) is 0 Å². The van der Waals surface area contributed by atoms with E-state index in [1.165, 1.54) is 25.7 Å². The number of nitrogens with zero attached hydrogens (tertiary/aromatic N) is 3. The van der Waals surface area contributed by atoms with Crippen LogP contribution in [0.25, 0.3) is 0 Å². The molecule has 120 valence electrons. The van der Waals surface area contributed by atoms with Gasteiger partial charge in [-0.1, -0.05) is 12.8 Å². The van der Waals surface area contributed by atoms with Crippen molar-refractivity contribution in [1.29, 1.82) is 0 Å². The van der Waals surface area contributed by atoms with E-state index in [0.717, 1.165) is 51.6 Å². The first kappa shape index (κ1) is 15.3. The monoisotopic (exact) mass is 293 g/mol. The summed E-state index contributed by atoms with van der Waals surface area (Å²) in [6, 6.07) is 1.34. The Kier molecular flexibility index (Phi) is 4.85. The van der Waals surface area contributed by atoms with Gasteiger partial charge in [-0.15, -0.1) is 0 Å². The van der Waals surface area contributed by atoms with Crippen LogP contribution in [0.5, 0.6) is 0 Å². The SMILES string of the molecule is CC(C)N1CCCC(N2CCN(C3CCCC3)CC2)C1=O. The predicted octanol–water partition coefficient (Wildman–Crippen LogP) is 1.95. The largest absolute Gasteiger partial charge is 0.339 e. The van der Waals surface area contributed by atoms with Crippen LogP contribution in [-0.2, 0) is 4.79 Å². The highest BCUT2D eigenvalue weighted by molar-refractivity contribution is 5.82. The van der Waals surface area contributed by atoms with Crippen LogP contribution in [0.4, 0.5) is 0 Å². The van der Waals surface area contributed by atoms with Gasteiger partial charge in [0, 0.05) is 44.8 Å². The average molecular weight is 293 g/mol. The van der Waals surface area contributed by atoms with Crippen molar-refractivity contribution < 1.29 is 4.79 Å². The molecule has 0 bridgehead atoms. The molecular weight excluding hydrogens is 262 g/mol. The van der Waals surface area contributed by atoms with Gasteiger partial charge in [0.05, 0.1) is 6.04 Å². The van der Waals surface area contributed by atoms with Crippen LogP contribution in [0.1, 0.15) is 52.4 Å². The zero-order valence-electron chi connectivity index (χ0n) is 13.8. The molecule has 2 heterocycles. The highest BCUT2D eigenvalue weighted by Gasteiger charge is 2.36.